The van der Waals surface area contributed by atoms with Crippen LogP contribution in [0.4, 0.5) is 0 Å². The van der Waals surface area contributed by atoms with Gasteiger partial charge in [0.15, 0.2) is 6.23 Å². The number of aromatic nitrogens is 2. The van der Waals surface area contributed by atoms with E-state index in [9.17, 15) is 14.7 Å². The van der Waals surface area contributed by atoms with Crippen LogP contribution < -0.4 is 16.6 Å². The Morgan fingerprint density at radius 1 is 0.900 bits per heavy atom. The van der Waals surface area contributed by atoms with Gasteiger partial charge in [-0.2, -0.15) is 0 Å². The second-order valence-corrected chi connectivity index (χ2v) is 10.5. The molecule has 5 rings (SSSR count). The lowest BCUT2D eigenvalue weighted by atomic mass is 9.80. The van der Waals surface area contributed by atoms with Crippen LogP contribution in [0.3, 0.4) is 0 Å². The lowest BCUT2D eigenvalue weighted by Crippen LogP contribution is -2.47. The van der Waals surface area contributed by atoms with Crippen LogP contribution in [0.15, 0.2) is 113 Å². The maximum atomic E-state index is 12.7. The highest BCUT2D eigenvalue weighted by Crippen LogP contribution is 2.41. The number of aliphatic hydroxyl groups is 1. The molecule has 0 spiro atoms. The molecular formula is C32H35N3O5. The fourth-order valence-electron chi connectivity index (χ4n) is 5.32. The van der Waals surface area contributed by atoms with Crippen molar-refractivity contribution in [3.8, 4) is 0 Å². The summed E-state index contributed by atoms with van der Waals surface area (Å²) in [5, 5.41) is 14.9. The van der Waals surface area contributed by atoms with E-state index < -0.39 is 41.3 Å². The summed E-state index contributed by atoms with van der Waals surface area (Å²) in [5.74, 6) is 0.303. The first-order chi connectivity index (χ1) is 19.4. The van der Waals surface area contributed by atoms with Gasteiger partial charge in [0, 0.05) is 12.3 Å². The minimum Gasteiger partial charge on any atom is -0.389 e. The highest BCUT2D eigenvalue weighted by Gasteiger charge is 2.47. The highest BCUT2D eigenvalue weighted by atomic mass is 16.6. The Kier molecular flexibility index (Phi) is 8.42. The molecule has 0 bridgehead atoms. The molecule has 1 aromatic heterocycles. The molecule has 4 atom stereocenters. The number of hydrogen-bond donors (Lipinski definition) is 3. The zero-order valence-electron chi connectivity index (χ0n) is 22.6. The Morgan fingerprint density at radius 2 is 1.43 bits per heavy atom. The van der Waals surface area contributed by atoms with E-state index in [2.05, 4.69) is 24.1 Å². The van der Waals surface area contributed by atoms with E-state index in [1.807, 2.05) is 91.0 Å². The first-order valence-electron chi connectivity index (χ1n) is 13.6. The number of aromatic amines is 1. The van der Waals surface area contributed by atoms with Crippen molar-refractivity contribution in [2.24, 2.45) is 5.92 Å². The van der Waals surface area contributed by atoms with Gasteiger partial charge in [-0.05, 0) is 29.2 Å². The lowest BCUT2D eigenvalue weighted by Gasteiger charge is -2.37. The monoisotopic (exact) mass is 541 g/mol. The molecule has 40 heavy (non-hydrogen) atoms. The van der Waals surface area contributed by atoms with E-state index in [-0.39, 0.29) is 6.61 Å². The van der Waals surface area contributed by atoms with Crippen LogP contribution in [0.2, 0.25) is 0 Å². The normalized spacial score (nSPS) is 21.1. The molecular weight excluding hydrogens is 506 g/mol. The summed E-state index contributed by atoms with van der Waals surface area (Å²) >= 11 is 0. The molecule has 8 nitrogen and oxygen atoms in total. The van der Waals surface area contributed by atoms with E-state index in [4.69, 9.17) is 9.47 Å². The number of nitrogens with one attached hydrogen (secondary N) is 2. The second-order valence-electron chi connectivity index (χ2n) is 10.5. The summed E-state index contributed by atoms with van der Waals surface area (Å²) in [6.07, 6.45) is -1.19. The van der Waals surface area contributed by atoms with Gasteiger partial charge in [-0.3, -0.25) is 14.3 Å². The summed E-state index contributed by atoms with van der Waals surface area (Å²) in [6.45, 7) is 4.76. The second kappa shape index (κ2) is 12.1. The van der Waals surface area contributed by atoms with Crippen LogP contribution in [-0.4, -0.2) is 46.1 Å². The highest BCUT2D eigenvalue weighted by molar-refractivity contribution is 5.47. The predicted octanol–water partition coefficient (Wildman–Crippen LogP) is 3.42. The zero-order valence-corrected chi connectivity index (χ0v) is 22.6. The molecule has 208 valence electrons. The van der Waals surface area contributed by atoms with Crippen molar-refractivity contribution in [1.82, 2.24) is 14.9 Å². The largest absolute Gasteiger partial charge is 0.389 e. The van der Waals surface area contributed by atoms with Crippen LogP contribution in [-0.2, 0) is 15.1 Å². The quantitative estimate of drug-likeness (QED) is 0.266. The first-order valence-corrected chi connectivity index (χ1v) is 13.6. The number of H-pyrrole nitrogens is 1. The van der Waals surface area contributed by atoms with Gasteiger partial charge in [0.1, 0.15) is 17.8 Å². The van der Waals surface area contributed by atoms with Gasteiger partial charge in [0.05, 0.1) is 12.6 Å². The molecule has 1 saturated heterocycles. The molecule has 0 radical (unpaired) electrons. The zero-order chi connectivity index (χ0) is 28.1. The third-order valence-electron chi connectivity index (χ3n) is 7.26. The topological polar surface area (TPSA) is 106 Å². The molecule has 0 amide bonds. The Hall–Kier alpha value is -3.82. The third kappa shape index (κ3) is 5.57. The molecule has 0 saturated carbocycles. The Balaban J connectivity index is 1.53. The van der Waals surface area contributed by atoms with Crippen molar-refractivity contribution >= 4 is 0 Å². The van der Waals surface area contributed by atoms with E-state index in [0.29, 0.717) is 12.5 Å². The maximum Gasteiger partial charge on any atom is 0.330 e. The summed E-state index contributed by atoms with van der Waals surface area (Å²) in [7, 11) is 0. The fraction of sp³-hybridized carbons (Fsp3) is 0.312. The summed E-state index contributed by atoms with van der Waals surface area (Å²) in [4.78, 5) is 26.7. The van der Waals surface area contributed by atoms with E-state index in [0.717, 1.165) is 16.7 Å². The number of benzene rings is 3. The van der Waals surface area contributed by atoms with E-state index in [1.165, 1.54) is 16.8 Å². The average Bonchev–Trinajstić information content (AvgIpc) is 3.28. The Morgan fingerprint density at radius 3 is 1.90 bits per heavy atom. The predicted molar refractivity (Wildman–Crippen MR) is 153 cm³/mol. The van der Waals surface area contributed by atoms with Crippen molar-refractivity contribution in [2.45, 2.75) is 43.9 Å². The van der Waals surface area contributed by atoms with Crippen molar-refractivity contribution in [3.63, 3.8) is 0 Å². The molecule has 0 aliphatic carbocycles. The van der Waals surface area contributed by atoms with Gasteiger partial charge < -0.3 is 19.9 Å². The lowest BCUT2D eigenvalue weighted by molar-refractivity contribution is -0.0946. The van der Waals surface area contributed by atoms with Gasteiger partial charge in [0.25, 0.3) is 5.56 Å². The molecule has 1 fully saturated rings. The van der Waals surface area contributed by atoms with Gasteiger partial charge >= 0.3 is 5.69 Å². The van der Waals surface area contributed by atoms with Crippen LogP contribution >= 0.6 is 0 Å². The number of rotatable bonds is 10. The van der Waals surface area contributed by atoms with Crippen molar-refractivity contribution < 1.29 is 14.6 Å². The van der Waals surface area contributed by atoms with E-state index in [1.54, 1.807) is 0 Å². The third-order valence-corrected chi connectivity index (χ3v) is 7.26. The van der Waals surface area contributed by atoms with E-state index >= 15 is 0 Å². The van der Waals surface area contributed by atoms with Gasteiger partial charge in [-0.25, -0.2) is 4.79 Å². The Labute approximate surface area is 233 Å². The minimum atomic E-state index is -0.985. The van der Waals surface area contributed by atoms with Crippen molar-refractivity contribution in [3.05, 3.63) is 141 Å². The Bertz CT molecular complexity index is 1390. The minimum absolute atomic E-state index is 0.0360. The SMILES string of the molecule is CC(C)CN[C@@H]1[C@@H](O)[C@@H](COC(c2ccccc2)(c2ccccc2)c2ccccc2)O[C@H]1n1ccc(=O)[nH]c1=O. The molecule has 0 unspecified atom stereocenters. The molecule has 1 aliphatic rings. The number of nitrogens with zero attached hydrogens (tertiary/aromatic N) is 1. The standard InChI is InChI=1S/C32H35N3O5/c1-22(2)20-33-28-29(37)26(40-30(28)35-19-18-27(36)34-31(35)38)21-39-32(23-12-6-3-7-13-23,24-14-8-4-9-15-24)25-16-10-5-11-17-25/h3-19,22,26,28-30,33,37H,20-21H2,1-2H3,(H,34,36,38)/t26-,28-,29+,30-/m1/s1. The number of aliphatic hydroxyl groups excluding tert-OH is 1. The average molecular weight is 542 g/mol. The summed E-state index contributed by atoms with van der Waals surface area (Å²) in [5.41, 5.74) is 0.716. The summed E-state index contributed by atoms with van der Waals surface area (Å²) < 4.78 is 14.5. The van der Waals surface area contributed by atoms with Gasteiger partial charge in [-0.1, -0.05) is 105 Å². The molecule has 2 heterocycles. The van der Waals surface area contributed by atoms with Crippen LogP contribution in [0.25, 0.3) is 0 Å². The van der Waals surface area contributed by atoms with Crippen molar-refractivity contribution in [2.75, 3.05) is 13.2 Å². The summed E-state index contributed by atoms with van der Waals surface area (Å²) in [6, 6.07) is 30.6. The van der Waals surface area contributed by atoms with Gasteiger partial charge in [0.2, 0.25) is 0 Å². The van der Waals surface area contributed by atoms with Crippen LogP contribution in [0.1, 0.15) is 36.8 Å². The molecule has 3 aromatic carbocycles. The van der Waals surface area contributed by atoms with Crippen molar-refractivity contribution in [1.29, 1.82) is 0 Å². The van der Waals surface area contributed by atoms with Crippen LogP contribution in [0, 0.1) is 5.92 Å². The first kappa shape index (κ1) is 27.7. The molecule has 1 aliphatic heterocycles. The molecule has 4 aromatic rings. The van der Waals surface area contributed by atoms with Gasteiger partial charge in [-0.15, -0.1) is 0 Å². The molecule has 3 N–H and O–H groups in total. The number of ether oxygens (including phenoxy) is 2. The fourth-order valence-corrected chi connectivity index (χ4v) is 5.32. The maximum absolute atomic E-state index is 12.7. The van der Waals surface area contributed by atoms with Crippen LogP contribution in [0.5, 0.6) is 0 Å². The molecule has 8 heteroatoms. The number of hydrogen-bond acceptors (Lipinski definition) is 6. The smallest absolute Gasteiger partial charge is 0.330 e.